The van der Waals surface area contributed by atoms with Crippen molar-refractivity contribution in [2.24, 2.45) is 0 Å². The Hall–Kier alpha value is -0.166. The average molecular weight is 286 g/mol. The zero-order valence-corrected chi connectivity index (χ0v) is 15.0. The van der Waals surface area contributed by atoms with Gasteiger partial charge < -0.3 is 5.11 Å². The highest BCUT2D eigenvalue weighted by molar-refractivity contribution is 6.81. The van der Waals surface area contributed by atoms with Gasteiger partial charge in [0.15, 0.2) is 0 Å². The minimum absolute atomic E-state index is 0.238. The average Bonchev–Trinajstić information content (AvgIpc) is 2.13. The van der Waals surface area contributed by atoms with Gasteiger partial charge in [-0.15, -0.1) is 0 Å². The van der Waals surface area contributed by atoms with Crippen LogP contribution in [0.15, 0.2) is 23.6 Å². The van der Waals surface area contributed by atoms with E-state index in [1.54, 1.807) is 0 Å². The second-order valence-electron chi connectivity index (χ2n) is 7.02. The molecule has 2 nitrogen and oxygen atoms in total. The lowest BCUT2D eigenvalue weighted by molar-refractivity contribution is 0.220. The minimum Gasteiger partial charge on any atom is -0.395 e. The highest BCUT2D eigenvalue weighted by atomic mass is 28.3. The van der Waals surface area contributed by atoms with Crippen molar-refractivity contribution in [3.63, 3.8) is 0 Å². The van der Waals surface area contributed by atoms with Crippen LogP contribution in [0.2, 0.25) is 39.3 Å². The molecule has 0 aromatic heterocycles. The number of hydrogen-bond acceptors (Lipinski definition) is 2. The maximum Gasteiger partial charge on any atom is 0.0683 e. The van der Waals surface area contributed by atoms with Crippen molar-refractivity contribution in [1.29, 1.82) is 0 Å². The topological polar surface area (TPSA) is 23.5 Å². The van der Waals surface area contributed by atoms with Gasteiger partial charge in [-0.05, 0) is 0 Å². The van der Waals surface area contributed by atoms with Crippen LogP contribution < -0.4 is 0 Å². The summed E-state index contributed by atoms with van der Waals surface area (Å²) >= 11 is 0. The SMILES string of the molecule is C[Si](C)(C)/C=C/CN(C/C=C/[Si](C)(C)C)CCO. The maximum absolute atomic E-state index is 9.08. The maximum atomic E-state index is 9.08. The molecule has 0 radical (unpaired) electrons. The molecular weight excluding hydrogens is 254 g/mol. The zero-order valence-electron chi connectivity index (χ0n) is 13.0. The Morgan fingerprint density at radius 2 is 1.22 bits per heavy atom. The van der Waals surface area contributed by atoms with Crippen LogP contribution in [0.5, 0.6) is 0 Å². The quantitative estimate of drug-likeness (QED) is 0.693. The Kier molecular flexibility index (Phi) is 8.02. The van der Waals surface area contributed by atoms with Gasteiger partial charge in [0, 0.05) is 19.6 Å². The van der Waals surface area contributed by atoms with Crippen molar-refractivity contribution in [3.05, 3.63) is 23.6 Å². The van der Waals surface area contributed by atoms with Crippen LogP contribution in [0.3, 0.4) is 0 Å². The molecule has 0 aromatic rings. The van der Waals surface area contributed by atoms with Crippen LogP contribution in [0.4, 0.5) is 0 Å². The summed E-state index contributed by atoms with van der Waals surface area (Å²) in [6.45, 7) is 16.9. The van der Waals surface area contributed by atoms with E-state index in [0.29, 0.717) is 0 Å². The van der Waals surface area contributed by atoms with Crippen LogP contribution in [-0.2, 0) is 0 Å². The monoisotopic (exact) mass is 285 g/mol. The first-order chi connectivity index (χ1) is 8.14. The molecule has 0 aliphatic heterocycles. The van der Waals surface area contributed by atoms with Gasteiger partial charge in [0.05, 0.1) is 22.8 Å². The van der Waals surface area contributed by atoms with Crippen LogP contribution in [0, 0.1) is 0 Å². The van der Waals surface area contributed by atoms with Crippen molar-refractivity contribution >= 4 is 16.1 Å². The number of nitrogens with zero attached hydrogens (tertiary/aromatic N) is 1. The molecule has 18 heavy (non-hydrogen) atoms. The Bertz CT molecular complexity index is 248. The van der Waals surface area contributed by atoms with E-state index in [-0.39, 0.29) is 6.61 Å². The summed E-state index contributed by atoms with van der Waals surface area (Å²) in [5.41, 5.74) is 4.75. The lowest BCUT2D eigenvalue weighted by atomic mass is 10.4. The molecule has 0 atom stereocenters. The highest BCUT2D eigenvalue weighted by Gasteiger charge is 2.09. The van der Waals surface area contributed by atoms with Gasteiger partial charge in [-0.1, -0.05) is 62.8 Å². The second-order valence-corrected chi connectivity index (χ2v) is 17.2. The molecule has 1 N–H and O–H groups in total. The second kappa shape index (κ2) is 8.09. The summed E-state index contributed by atoms with van der Waals surface area (Å²) in [5.74, 6) is 0. The van der Waals surface area contributed by atoms with Gasteiger partial charge in [0.25, 0.3) is 0 Å². The van der Waals surface area contributed by atoms with Crippen molar-refractivity contribution in [2.75, 3.05) is 26.2 Å². The summed E-state index contributed by atoms with van der Waals surface area (Å²) < 4.78 is 0. The highest BCUT2D eigenvalue weighted by Crippen LogP contribution is 2.04. The third-order valence-electron chi connectivity index (χ3n) is 2.38. The van der Waals surface area contributed by atoms with E-state index in [1.165, 1.54) is 0 Å². The van der Waals surface area contributed by atoms with E-state index < -0.39 is 16.1 Å². The van der Waals surface area contributed by atoms with Crippen LogP contribution in [0.25, 0.3) is 0 Å². The Balaban J connectivity index is 4.24. The molecule has 0 aliphatic carbocycles. The summed E-state index contributed by atoms with van der Waals surface area (Å²) in [6, 6.07) is 0. The summed E-state index contributed by atoms with van der Waals surface area (Å²) in [4.78, 5) is 2.28. The van der Waals surface area contributed by atoms with E-state index in [9.17, 15) is 0 Å². The molecule has 0 heterocycles. The Morgan fingerprint density at radius 1 is 0.833 bits per heavy atom. The molecule has 106 valence electrons. The fourth-order valence-corrected chi connectivity index (χ4v) is 3.13. The normalized spacial score (nSPS) is 14.2. The van der Waals surface area contributed by atoms with Crippen LogP contribution in [-0.4, -0.2) is 52.4 Å². The van der Waals surface area contributed by atoms with E-state index in [0.717, 1.165) is 19.6 Å². The van der Waals surface area contributed by atoms with Crippen LogP contribution >= 0.6 is 0 Å². The smallest absolute Gasteiger partial charge is 0.0683 e. The zero-order chi connectivity index (χ0) is 14.2. The molecule has 0 amide bonds. The third kappa shape index (κ3) is 12.3. The molecule has 0 rings (SSSR count). The fraction of sp³-hybridized carbons (Fsp3) is 0.714. The van der Waals surface area contributed by atoms with Gasteiger partial charge in [0.2, 0.25) is 0 Å². The fourth-order valence-electron chi connectivity index (χ4n) is 1.51. The summed E-state index contributed by atoms with van der Waals surface area (Å²) in [6.07, 6.45) is 4.54. The number of aliphatic hydroxyl groups excluding tert-OH is 1. The first-order valence-corrected chi connectivity index (χ1v) is 14.0. The van der Waals surface area contributed by atoms with E-state index in [2.05, 4.69) is 67.7 Å². The van der Waals surface area contributed by atoms with E-state index in [1.807, 2.05) is 0 Å². The molecule has 0 fully saturated rings. The Morgan fingerprint density at radius 3 is 1.50 bits per heavy atom. The molecular formula is C14H31NOSi2. The van der Waals surface area contributed by atoms with Gasteiger partial charge in [0.1, 0.15) is 0 Å². The Labute approximate surface area is 115 Å². The molecule has 0 aliphatic rings. The molecule has 0 saturated carbocycles. The summed E-state index contributed by atoms with van der Waals surface area (Å²) in [5, 5.41) is 9.08. The first kappa shape index (κ1) is 17.8. The van der Waals surface area contributed by atoms with E-state index >= 15 is 0 Å². The van der Waals surface area contributed by atoms with Gasteiger partial charge in [-0.25, -0.2) is 0 Å². The standard InChI is InChI=1S/C14H31NOSi2/c1-17(2,3)13-7-9-15(11-12-16)10-8-14-18(4,5)6/h7-8,13-14,16H,9-12H2,1-6H3/b13-7+,14-8+. The molecule has 0 saturated heterocycles. The molecule has 0 aromatic carbocycles. The van der Waals surface area contributed by atoms with Gasteiger partial charge in [-0.2, -0.15) is 0 Å². The van der Waals surface area contributed by atoms with Gasteiger partial charge >= 0.3 is 0 Å². The predicted octanol–water partition coefficient (Wildman–Crippen LogP) is 3.15. The van der Waals surface area contributed by atoms with E-state index in [4.69, 9.17) is 5.11 Å². The third-order valence-corrected chi connectivity index (χ3v) is 4.85. The lowest BCUT2D eigenvalue weighted by Crippen LogP contribution is -2.28. The number of rotatable bonds is 8. The first-order valence-electron chi connectivity index (χ1n) is 6.83. The van der Waals surface area contributed by atoms with Crippen molar-refractivity contribution < 1.29 is 5.11 Å². The molecule has 0 bridgehead atoms. The van der Waals surface area contributed by atoms with Crippen molar-refractivity contribution in [2.45, 2.75) is 39.3 Å². The lowest BCUT2D eigenvalue weighted by Gasteiger charge is -2.19. The van der Waals surface area contributed by atoms with Crippen molar-refractivity contribution in [3.8, 4) is 0 Å². The molecule has 0 spiro atoms. The van der Waals surface area contributed by atoms with Crippen molar-refractivity contribution in [1.82, 2.24) is 4.90 Å². The summed E-state index contributed by atoms with van der Waals surface area (Å²) in [7, 11) is -2.18. The van der Waals surface area contributed by atoms with Crippen LogP contribution in [0.1, 0.15) is 0 Å². The molecule has 0 unspecified atom stereocenters. The predicted molar refractivity (Wildman–Crippen MR) is 88.5 cm³/mol. The number of hydrogen-bond donors (Lipinski definition) is 1. The van der Waals surface area contributed by atoms with Gasteiger partial charge in [-0.3, -0.25) is 4.90 Å². The minimum atomic E-state index is -1.09. The molecule has 4 heteroatoms. The largest absolute Gasteiger partial charge is 0.395 e. The number of aliphatic hydroxyl groups is 1.